The van der Waals surface area contributed by atoms with Crippen molar-refractivity contribution in [2.45, 2.75) is 13.0 Å². The van der Waals surface area contributed by atoms with Crippen molar-refractivity contribution in [3.05, 3.63) is 112 Å². The van der Waals surface area contributed by atoms with Gasteiger partial charge in [0.15, 0.2) is 5.65 Å². The maximum atomic E-state index is 9.84. The maximum Gasteiger partial charge on any atom is 0.157 e. The van der Waals surface area contributed by atoms with Gasteiger partial charge >= 0.3 is 0 Å². The van der Waals surface area contributed by atoms with E-state index in [9.17, 15) is 5.26 Å². The summed E-state index contributed by atoms with van der Waals surface area (Å²) in [7, 11) is 0. The lowest BCUT2D eigenvalue weighted by Crippen LogP contribution is -2.48. The summed E-state index contributed by atoms with van der Waals surface area (Å²) >= 11 is 6.69. The van der Waals surface area contributed by atoms with Gasteiger partial charge in [-0.2, -0.15) is 5.26 Å². The number of rotatable bonds is 4. The van der Waals surface area contributed by atoms with Gasteiger partial charge in [-0.1, -0.05) is 72.3 Å². The van der Waals surface area contributed by atoms with Gasteiger partial charge in [0.2, 0.25) is 0 Å². The number of nitriles is 1. The predicted molar refractivity (Wildman–Crippen MR) is 146 cm³/mol. The van der Waals surface area contributed by atoms with Gasteiger partial charge in [0, 0.05) is 31.2 Å². The third-order valence-corrected chi connectivity index (χ3v) is 7.53. The van der Waals surface area contributed by atoms with E-state index in [4.69, 9.17) is 16.6 Å². The molecule has 36 heavy (non-hydrogen) atoms. The Morgan fingerprint density at radius 1 is 0.889 bits per heavy atom. The van der Waals surface area contributed by atoms with Gasteiger partial charge in [-0.05, 0) is 47.9 Å². The fourth-order valence-corrected chi connectivity index (χ4v) is 5.67. The number of para-hydroxylation sites is 2. The highest BCUT2D eigenvalue weighted by Crippen LogP contribution is 2.35. The summed E-state index contributed by atoms with van der Waals surface area (Å²) in [5, 5.41) is 10.6. The van der Waals surface area contributed by atoms with E-state index in [-0.39, 0.29) is 6.04 Å². The highest BCUT2D eigenvalue weighted by molar-refractivity contribution is 6.31. The van der Waals surface area contributed by atoms with Crippen molar-refractivity contribution in [2.24, 2.45) is 0 Å². The molecule has 0 N–H and O–H groups in total. The molecule has 1 aliphatic rings. The normalized spacial score (nSPS) is 15.3. The van der Waals surface area contributed by atoms with Crippen molar-refractivity contribution in [1.29, 1.82) is 5.26 Å². The molecular weight excluding hydrogens is 466 g/mol. The summed E-state index contributed by atoms with van der Waals surface area (Å²) < 4.78 is 2.15. The van der Waals surface area contributed by atoms with Crippen LogP contribution in [0.5, 0.6) is 0 Å². The minimum Gasteiger partial charge on any atom is -0.355 e. The zero-order valence-electron chi connectivity index (χ0n) is 20.1. The van der Waals surface area contributed by atoms with Crippen LogP contribution in [0.15, 0.2) is 84.9 Å². The first-order valence-corrected chi connectivity index (χ1v) is 12.6. The van der Waals surface area contributed by atoms with E-state index in [1.807, 2.05) is 37.3 Å². The van der Waals surface area contributed by atoms with Crippen molar-refractivity contribution in [3.63, 3.8) is 0 Å². The molecule has 5 nitrogen and oxygen atoms in total. The number of fused-ring (bicyclic) bond motifs is 3. The van der Waals surface area contributed by atoms with E-state index in [1.54, 1.807) is 0 Å². The minimum atomic E-state index is 0.0962. The Bertz CT molecular complexity index is 1590. The van der Waals surface area contributed by atoms with Crippen molar-refractivity contribution in [3.8, 4) is 6.07 Å². The van der Waals surface area contributed by atoms with E-state index in [1.165, 1.54) is 5.56 Å². The largest absolute Gasteiger partial charge is 0.355 e. The molecule has 1 aliphatic heterocycles. The average molecular weight is 492 g/mol. The summed E-state index contributed by atoms with van der Waals surface area (Å²) in [4.78, 5) is 9.76. The second kappa shape index (κ2) is 9.31. The van der Waals surface area contributed by atoms with Crippen LogP contribution in [-0.2, 0) is 0 Å². The minimum absolute atomic E-state index is 0.0962. The highest BCUT2D eigenvalue weighted by Gasteiger charge is 2.29. The third-order valence-electron chi connectivity index (χ3n) is 7.18. The quantitative estimate of drug-likeness (QED) is 0.299. The number of hydrogen-bond donors (Lipinski definition) is 0. The van der Waals surface area contributed by atoms with Crippen molar-refractivity contribution in [2.75, 3.05) is 31.1 Å². The standard InChI is InChI=1S/C30H26ClN5/c1-21-19-28(36-27-14-8-7-13-26(27)33-30(36)24(21)20-32)34-15-17-35(18-16-34)29(22-9-3-2-4-10-22)23-11-5-6-12-25(23)31/h2-14,19,29H,15-18H2,1H3. The number of anilines is 1. The molecular formula is C30H26ClN5. The van der Waals surface area contributed by atoms with E-state index in [0.717, 1.165) is 64.8 Å². The number of hydrogen-bond acceptors (Lipinski definition) is 4. The number of imidazole rings is 1. The number of benzene rings is 3. The zero-order valence-corrected chi connectivity index (χ0v) is 20.9. The first-order chi connectivity index (χ1) is 17.7. The van der Waals surface area contributed by atoms with Crippen molar-refractivity contribution < 1.29 is 0 Å². The summed E-state index contributed by atoms with van der Waals surface area (Å²) in [6, 6.07) is 31.5. The molecule has 1 atom stereocenters. The number of halogens is 1. The van der Waals surface area contributed by atoms with Crippen LogP contribution in [-0.4, -0.2) is 40.5 Å². The molecule has 1 saturated heterocycles. The van der Waals surface area contributed by atoms with Crippen LogP contribution in [0.4, 0.5) is 5.82 Å². The summed E-state index contributed by atoms with van der Waals surface area (Å²) in [6.07, 6.45) is 0. The van der Waals surface area contributed by atoms with Crippen LogP contribution in [0.1, 0.15) is 28.3 Å². The van der Waals surface area contributed by atoms with Gasteiger partial charge in [0.05, 0.1) is 22.6 Å². The van der Waals surface area contributed by atoms with Crippen LogP contribution in [0, 0.1) is 18.3 Å². The SMILES string of the molecule is Cc1cc(N2CCN(C(c3ccccc3)c3ccccc3Cl)CC2)n2c(nc3ccccc32)c1C#N. The molecule has 1 unspecified atom stereocenters. The van der Waals surface area contributed by atoms with Gasteiger partial charge in [-0.3, -0.25) is 9.30 Å². The van der Waals surface area contributed by atoms with E-state index >= 15 is 0 Å². The van der Waals surface area contributed by atoms with Crippen LogP contribution in [0.3, 0.4) is 0 Å². The lowest BCUT2D eigenvalue weighted by atomic mass is 9.96. The Morgan fingerprint density at radius 3 is 2.33 bits per heavy atom. The highest BCUT2D eigenvalue weighted by atomic mass is 35.5. The Morgan fingerprint density at radius 2 is 1.58 bits per heavy atom. The Balaban J connectivity index is 1.37. The predicted octanol–water partition coefficient (Wildman–Crippen LogP) is 6.23. The van der Waals surface area contributed by atoms with Gasteiger partial charge in [0.1, 0.15) is 11.9 Å². The van der Waals surface area contributed by atoms with Gasteiger partial charge in [0.25, 0.3) is 0 Å². The molecule has 6 heteroatoms. The lowest BCUT2D eigenvalue weighted by molar-refractivity contribution is 0.212. The number of aromatic nitrogens is 2. The number of nitrogens with zero attached hydrogens (tertiary/aromatic N) is 5. The fourth-order valence-electron chi connectivity index (χ4n) is 5.43. The molecule has 3 aromatic carbocycles. The molecule has 5 aromatic rings. The molecule has 0 spiro atoms. The summed E-state index contributed by atoms with van der Waals surface area (Å²) in [5.74, 6) is 1.09. The molecule has 0 aliphatic carbocycles. The summed E-state index contributed by atoms with van der Waals surface area (Å²) in [6.45, 7) is 5.50. The monoisotopic (exact) mass is 491 g/mol. The van der Waals surface area contributed by atoms with E-state index in [0.29, 0.717) is 5.56 Å². The molecule has 2 aromatic heterocycles. The van der Waals surface area contributed by atoms with Crippen LogP contribution < -0.4 is 4.90 Å². The number of piperazine rings is 1. The topological polar surface area (TPSA) is 47.6 Å². The summed E-state index contributed by atoms with van der Waals surface area (Å²) in [5.41, 5.74) is 6.64. The molecule has 6 rings (SSSR count). The lowest BCUT2D eigenvalue weighted by Gasteiger charge is -2.41. The second-order valence-electron chi connectivity index (χ2n) is 9.29. The zero-order chi connectivity index (χ0) is 24.6. The first kappa shape index (κ1) is 22.6. The number of pyridine rings is 1. The maximum absolute atomic E-state index is 9.84. The number of aryl methyl sites for hydroxylation is 1. The fraction of sp³-hybridized carbons (Fsp3) is 0.200. The second-order valence-corrected chi connectivity index (χ2v) is 9.70. The molecule has 1 fully saturated rings. The Hall–Kier alpha value is -3.85. The van der Waals surface area contributed by atoms with Gasteiger partial charge in [-0.15, -0.1) is 0 Å². The first-order valence-electron chi connectivity index (χ1n) is 12.2. The van der Waals surface area contributed by atoms with Crippen molar-refractivity contribution in [1.82, 2.24) is 14.3 Å². The van der Waals surface area contributed by atoms with E-state index < -0.39 is 0 Å². The van der Waals surface area contributed by atoms with Crippen molar-refractivity contribution >= 4 is 34.1 Å². The van der Waals surface area contributed by atoms with Crippen LogP contribution in [0.2, 0.25) is 5.02 Å². The molecule has 0 bridgehead atoms. The van der Waals surface area contributed by atoms with Gasteiger partial charge < -0.3 is 4.90 Å². The Labute approximate surface area is 215 Å². The molecule has 0 radical (unpaired) electrons. The third kappa shape index (κ3) is 3.80. The van der Waals surface area contributed by atoms with Crippen LogP contribution in [0.25, 0.3) is 16.7 Å². The molecule has 178 valence electrons. The van der Waals surface area contributed by atoms with Crippen LogP contribution >= 0.6 is 11.6 Å². The van der Waals surface area contributed by atoms with E-state index in [2.05, 4.69) is 74.9 Å². The molecule has 0 saturated carbocycles. The average Bonchev–Trinajstić information content (AvgIpc) is 3.30. The molecule has 0 amide bonds. The Kier molecular flexibility index (Phi) is 5.85. The smallest absolute Gasteiger partial charge is 0.157 e. The molecule has 3 heterocycles. The van der Waals surface area contributed by atoms with Gasteiger partial charge in [-0.25, -0.2) is 4.98 Å².